The lowest BCUT2D eigenvalue weighted by Crippen LogP contribution is -2.04. The molecule has 7 heteroatoms. The maximum atomic E-state index is 11.5. The summed E-state index contributed by atoms with van der Waals surface area (Å²) in [5.41, 5.74) is 6.95. The second-order valence-corrected chi connectivity index (χ2v) is 4.77. The van der Waals surface area contributed by atoms with E-state index in [-0.39, 0.29) is 11.7 Å². The maximum absolute atomic E-state index is 11.5. The van der Waals surface area contributed by atoms with Crippen LogP contribution in [0, 0.1) is 0 Å². The monoisotopic (exact) mass is 246 g/mol. The molecule has 0 aliphatic heterocycles. The summed E-state index contributed by atoms with van der Waals surface area (Å²) in [5.74, 6) is -0.275. The van der Waals surface area contributed by atoms with E-state index in [0.29, 0.717) is 15.7 Å². The summed E-state index contributed by atoms with van der Waals surface area (Å²) in [4.78, 5) is 16.2. The van der Waals surface area contributed by atoms with Crippen LogP contribution in [-0.4, -0.2) is 28.4 Å². The van der Waals surface area contributed by atoms with Gasteiger partial charge >= 0.3 is 0 Å². The van der Waals surface area contributed by atoms with Gasteiger partial charge in [-0.05, 0) is 0 Å². The van der Waals surface area contributed by atoms with Crippen LogP contribution < -0.4 is 5.73 Å². The maximum Gasteiger partial charge on any atom is 0.181 e. The Bertz CT molecular complexity index is 560. The van der Waals surface area contributed by atoms with Crippen molar-refractivity contribution >= 4 is 30.1 Å². The minimum Gasteiger partial charge on any atom is -0.375 e. The first-order chi connectivity index (χ1) is 7.99. The lowest BCUT2D eigenvalue weighted by atomic mass is 10.00. The molecular weight excluding hydrogens is 235 g/mol. The Kier molecular flexibility index (Phi) is 3.02. The SMILES string of the molecule is [B]C(C)n1cc(-c2nc(N)sc2C(C)=O)cn1. The van der Waals surface area contributed by atoms with Gasteiger partial charge in [-0.25, -0.2) is 4.98 Å². The highest BCUT2D eigenvalue weighted by molar-refractivity contribution is 7.17. The standard InChI is InChI=1S/C10H11BN4OS/c1-5(16)9-8(14-10(12)17-9)7-3-13-15(4-7)6(2)11/h3-4,6H,1-2H3,(H2,12,14). The van der Waals surface area contributed by atoms with Crippen LogP contribution in [0.5, 0.6) is 0 Å². The minimum atomic E-state index is -0.222. The molecule has 0 saturated carbocycles. The summed E-state index contributed by atoms with van der Waals surface area (Å²) in [5, 5.41) is 4.48. The van der Waals surface area contributed by atoms with Gasteiger partial charge in [0.1, 0.15) is 7.85 Å². The predicted molar refractivity (Wildman–Crippen MR) is 68.2 cm³/mol. The number of aromatic nitrogens is 3. The van der Waals surface area contributed by atoms with E-state index in [4.69, 9.17) is 13.6 Å². The third-order valence-corrected chi connectivity index (χ3v) is 3.24. The molecule has 2 N–H and O–H groups in total. The largest absolute Gasteiger partial charge is 0.375 e. The zero-order valence-electron chi connectivity index (χ0n) is 9.54. The van der Waals surface area contributed by atoms with Gasteiger partial charge in [0.05, 0.1) is 16.8 Å². The third kappa shape index (κ3) is 2.24. The molecule has 86 valence electrons. The number of nitrogens with zero attached hydrogens (tertiary/aromatic N) is 3. The van der Waals surface area contributed by atoms with Gasteiger partial charge in [-0.15, -0.1) is 0 Å². The van der Waals surface area contributed by atoms with Gasteiger partial charge in [0.15, 0.2) is 10.9 Å². The Hall–Kier alpha value is -1.63. The molecule has 0 amide bonds. The summed E-state index contributed by atoms with van der Waals surface area (Å²) < 4.78 is 1.61. The Morgan fingerprint density at radius 3 is 2.88 bits per heavy atom. The van der Waals surface area contributed by atoms with Crippen molar-refractivity contribution in [2.75, 3.05) is 5.73 Å². The molecule has 2 radical (unpaired) electrons. The lowest BCUT2D eigenvalue weighted by Gasteiger charge is -2.03. The first-order valence-electron chi connectivity index (χ1n) is 5.06. The van der Waals surface area contributed by atoms with Crippen LogP contribution in [0.4, 0.5) is 5.13 Å². The number of rotatable bonds is 3. The normalized spacial score (nSPS) is 12.6. The van der Waals surface area contributed by atoms with E-state index in [1.165, 1.54) is 18.3 Å². The number of Topliss-reactive ketones (excluding diaryl/α,β-unsaturated/α-hetero) is 1. The number of carbonyl (C=O) groups is 1. The summed E-state index contributed by atoms with van der Waals surface area (Å²) in [6, 6.07) is 0. The fourth-order valence-corrected chi connectivity index (χ4v) is 2.20. The number of ketones is 1. The molecule has 0 aromatic carbocycles. The highest BCUT2D eigenvalue weighted by atomic mass is 32.1. The van der Waals surface area contributed by atoms with E-state index in [9.17, 15) is 4.79 Å². The predicted octanol–water partition coefficient (Wildman–Crippen LogP) is 1.48. The topological polar surface area (TPSA) is 73.8 Å². The van der Waals surface area contributed by atoms with Gasteiger partial charge in [0.25, 0.3) is 0 Å². The molecule has 2 heterocycles. The van der Waals surface area contributed by atoms with E-state index < -0.39 is 0 Å². The Balaban J connectivity index is 2.48. The average Bonchev–Trinajstić information content (AvgIpc) is 2.82. The number of nitrogens with two attached hydrogens (primary N) is 1. The van der Waals surface area contributed by atoms with E-state index in [0.717, 1.165) is 5.56 Å². The Labute approximate surface area is 104 Å². The van der Waals surface area contributed by atoms with Crippen molar-refractivity contribution in [2.24, 2.45) is 0 Å². The highest BCUT2D eigenvalue weighted by Crippen LogP contribution is 2.29. The summed E-state index contributed by atoms with van der Waals surface area (Å²) >= 11 is 1.18. The molecule has 0 aliphatic rings. The molecule has 2 aromatic heterocycles. The number of hydrogen-bond donors (Lipinski definition) is 1. The summed E-state index contributed by atoms with van der Waals surface area (Å²) in [6.45, 7) is 3.31. The molecule has 2 rings (SSSR count). The number of anilines is 1. The lowest BCUT2D eigenvalue weighted by molar-refractivity contribution is 0.102. The number of nitrogen functional groups attached to an aromatic ring is 1. The number of hydrogen-bond acceptors (Lipinski definition) is 5. The van der Waals surface area contributed by atoms with Crippen molar-refractivity contribution in [3.8, 4) is 11.3 Å². The molecule has 0 saturated heterocycles. The molecule has 0 spiro atoms. The van der Waals surface area contributed by atoms with Gasteiger partial charge in [-0.3, -0.25) is 9.48 Å². The van der Waals surface area contributed by atoms with E-state index in [1.54, 1.807) is 17.1 Å². The van der Waals surface area contributed by atoms with Crippen molar-refractivity contribution in [1.29, 1.82) is 0 Å². The smallest absolute Gasteiger partial charge is 0.181 e. The van der Waals surface area contributed by atoms with Gasteiger partial charge in [0, 0.05) is 24.6 Å². The fourth-order valence-electron chi connectivity index (χ4n) is 1.45. The highest BCUT2D eigenvalue weighted by Gasteiger charge is 2.17. The van der Waals surface area contributed by atoms with E-state index in [1.807, 2.05) is 6.92 Å². The summed E-state index contributed by atoms with van der Waals surface area (Å²) in [6.07, 6.45) is 3.38. The fraction of sp³-hybridized carbons (Fsp3) is 0.300. The van der Waals surface area contributed by atoms with E-state index in [2.05, 4.69) is 10.1 Å². The van der Waals surface area contributed by atoms with Crippen LogP contribution >= 0.6 is 11.3 Å². The van der Waals surface area contributed by atoms with Gasteiger partial charge in [0.2, 0.25) is 0 Å². The zero-order valence-corrected chi connectivity index (χ0v) is 10.4. The molecule has 0 aliphatic carbocycles. The molecular formula is C10H11BN4OS. The molecule has 1 atom stereocenters. The minimum absolute atomic E-state index is 0.0530. The van der Waals surface area contributed by atoms with Crippen LogP contribution in [0.25, 0.3) is 11.3 Å². The first-order valence-corrected chi connectivity index (χ1v) is 5.88. The molecule has 1 unspecified atom stereocenters. The Morgan fingerprint density at radius 2 is 2.35 bits per heavy atom. The molecule has 2 aromatic rings. The van der Waals surface area contributed by atoms with Crippen molar-refractivity contribution in [1.82, 2.24) is 14.8 Å². The zero-order chi connectivity index (χ0) is 12.6. The number of carbonyl (C=O) groups excluding carboxylic acids is 1. The van der Waals surface area contributed by atoms with Crippen molar-refractivity contribution < 1.29 is 4.79 Å². The molecule has 5 nitrogen and oxygen atoms in total. The number of thiazole rings is 1. The van der Waals surface area contributed by atoms with Crippen molar-refractivity contribution in [2.45, 2.75) is 19.8 Å². The molecule has 0 bridgehead atoms. The average molecular weight is 246 g/mol. The summed E-state index contributed by atoms with van der Waals surface area (Å²) in [7, 11) is 5.70. The molecule has 0 fully saturated rings. The second-order valence-electron chi connectivity index (χ2n) is 3.74. The van der Waals surface area contributed by atoms with Crippen LogP contribution in [0.2, 0.25) is 0 Å². The molecule has 17 heavy (non-hydrogen) atoms. The van der Waals surface area contributed by atoms with Gasteiger partial charge in [-0.2, -0.15) is 5.10 Å². The van der Waals surface area contributed by atoms with Gasteiger partial charge in [-0.1, -0.05) is 18.3 Å². The Morgan fingerprint density at radius 1 is 1.65 bits per heavy atom. The second kappa shape index (κ2) is 4.33. The van der Waals surface area contributed by atoms with Crippen LogP contribution in [0.15, 0.2) is 12.4 Å². The van der Waals surface area contributed by atoms with Crippen molar-refractivity contribution in [3.63, 3.8) is 0 Å². The van der Waals surface area contributed by atoms with Crippen LogP contribution in [0.3, 0.4) is 0 Å². The quantitative estimate of drug-likeness (QED) is 0.657. The van der Waals surface area contributed by atoms with Crippen LogP contribution in [-0.2, 0) is 0 Å². The van der Waals surface area contributed by atoms with Gasteiger partial charge < -0.3 is 5.73 Å². The first kappa shape index (κ1) is 11.8. The third-order valence-electron chi connectivity index (χ3n) is 2.26. The van der Waals surface area contributed by atoms with Crippen molar-refractivity contribution in [3.05, 3.63) is 17.3 Å². The van der Waals surface area contributed by atoms with Crippen LogP contribution in [0.1, 0.15) is 29.5 Å². The van der Waals surface area contributed by atoms with E-state index >= 15 is 0 Å².